The third-order valence-electron chi connectivity index (χ3n) is 2.89. The zero-order chi connectivity index (χ0) is 10.8. The van der Waals surface area contributed by atoms with Gasteiger partial charge in [-0.2, -0.15) is 4.37 Å². The fourth-order valence-electron chi connectivity index (χ4n) is 1.79. The molecule has 0 unspecified atom stereocenters. The van der Waals surface area contributed by atoms with E-state index in [9.17, 15) is 0 Å². The molecule has 1 aliphatic carbocycles. The molecule has 1 aromatic rings. The molecule has 0 atom stereocenters. The number of rotatable bonds is 5. The van der Waals surface area contributed by atoms with Crippen LogP contribution in [0, 0.1) is 12.8 Å². The average Bonchev–Trinajstić information content (AvgIpc) is 2.96. The third-order valence-corrected chi connectivity index (χ3v) is 3.92. The molecular weight excluding hydrogens is 206 g/mol. The van der Waals surface area contributed by atoms with Crippen LogP contribution >= 0.6 is 11.5 Å². The standard InChI is InChI=1S/C11H19N3S/c1-3-6-14(7-9-4-5-9)11-8(2)10(12)13-15-11/h9H,3-7H2,1-2H3,(H2,12,13). The summed E-state index contributed by atoms with van der Waals surface area (Å²) in [5.41, 5.74) is 6.95. The van der Waals surface area contributed by atoms with E-state index in [0.717, 1.165) is 18.0 Å². The van der Waals surface area contributed by atoms with Gasteiger partial charge in [0.05, 0.1) is 0 Å². The predicted molar refractivity (Wildman–Crippen MR) is 66.5 cm³/mol. The Balaban J connectivity index is 2.11. The van der Waals surface area contributed by atoms with Crippen molar-refractivity contribution in [3.63, 3.8) is 0 Å². The Bertz CT molecular complexity index is 331. The molecule has 0 bridgehead atoms. The van der Waals surface area contributed by atoms with Gasteiger partial charge in [-0.05, 0) is 43.6 Å². The highest BCUT2D eigenvalue weighted by atomic mass is 32.1. The van der Waals surface area contributed by atoms with Crippen molar-refractivity contribution < 1.29 is 0 Å². The van der Waals surface area contributed by atoms with Gasteiger partial charge >= 0.3 is 0 Å². The van der Waals surface area contributed by atoms with E-state index in [1.807, 2.05) is 0 Å². The maximum Gasteiger partial charge on any atom is 0.142 e. The number of anilines is 2. The summed E-state index contributed by atoms with van der Waals surface area (Å²) in [6.07, 6.45) is 3.98. The lowest BCUT2D eigenvalue weighted by Crippen LogP contribution is -2.26. The van der Waals surface area contributed by atoms with E-state index in [4.69, 9.17) is 5.73 Å². The van der Waals surface area contributed by atoms with Gasteiger partial charge in [0.15, 0.2) is 0 Å². The van der Waals surface area contributed by atoms with Crippen molar-refractivity contribution in [3.05, 3.63) is 5.56 Å². The molecule has 1 heterocycles. The zero-order valence-electron chi connectivity index (χ0n) is 9.49. The van der Waals surface area contributed by atoms with Crippen LogP contribution in [0.1, 0.15) is 31.7 Å². The fraction of sp³-hybridized carbons (Fsp3) is 0.727. The molecule has 2 N–H and O–H groups in total. The number of nitrogen functional groups attached to an aromatic ring is 1. The van der Waals surface area contributed by atoms with Gasteiger partial charge in [0.25, 0.3) is 0 Å². The van der Waals surface area contributed by atoms with Crippen LogP contribution in [0.15, 0.2) is 0 Å². The van der Waals surface area contributed by atoms with Crippen LogP contribution in [0.3, 0.4) is 0 Å². The Morgan fingerprint density at radius 2 is 2.27 bits per heavy atom. The highest BCUT2D eigenvalue weighted by molar-refractivity contribution is 7.10. The first-order valence-corrected chi connectivity index (χ1v) is 6.46. The minimum Gasteiger partial charge on any atom is -0.383 e. The first-order valence-electron chi connectivity index (χ1n) is 5.69. The summed E-state index contributed by atoms with van der Waals surface area (Å²) >= 11 is 1.54. The number of hydrogen-bond acceptors (Lipinski definition) is 4. The van der Waals surface area contributed by atoms with E-state index >= 15 is 0 Å². The van der Waals surface area contributed by atoms with Crippen LogP contribution in [0.4, 0.5) is 10.8 Å². The molecule has 0 aromatic carbocycles. The van der Waals surface area contributed by atoms with Crippen LogP contribution in [0.2, 0.25) is 0 Å². The number of nitrogens with two attached hydrogens (primary N) is 1. The molecular formula is C11H19N3S. The number of aromatic nitrogens is 1. The molecule has 0 saturated heterocycles. The predicted octanol–water partition coefficient (Wildman–Crippen LogP) is 2.66. The number of nitrogens with zero attached hydrogens (tertiary/aromatic N) is 2. The summed E-state index contributed by atoms with van der Waals surface area (Å²) in [7, 11) is 0. The van der Waals surface area contributed by atoms with Gasteiger partial charge in [-0.1, -0.05) is 6.92 Å². The summed E-state index contributed by atoms with van der Waals surface area (Å²) in [6.45, 7) is 6.61. The molecule has 3 nitrogen and oxygen atoms in total. The SMILES string of the molecule is CCCN(CC1CC1)c1snc(N)c1C. The first kappa shape index (κ1) is 10.7. The monoisotopic (exact) mass is 225 g/mol. The summed E-state index contributed by atoms with van der Waals surface area (Å²) in [6, 6.07) is 0. The van der Waals surface area contributed by atoms with Gasteiger partial charge in [-0.25, -0.2) is 0 Å². The van der Waals surface area contributed by atoms with Crippen LogP contribution in [0.25, 0.3) is 0 Å². The normalized spacial score (nSPS) is 15.6. The lowest BCUT2D eigenvalue weighted by molar-refractivity contribution is 0.712. The van der Waals surface area contributed by atoms with Gasteiger partial charge in [0.1, 0.15) is 10.8 Å². The molecule has 0 aliphatic heterocycles. The molecule has 1 aliphatic rings. The fourth-order valence-corrected chi connectivity index (χ4v) is 2.64. The van der Waals surface area contributed by atoms with E-state index in [1.54, 1.807) is 11.5 Å². The van der Waals surface area contributed by atoms with Crippen LogP contribution < -0.4 is 10.6 Å². The van der Waals surface area contributed by atoms with Crippen molar-refractivity contribution in [1.29, 1.82) is 0 Å². The quantitative estimate of drug-likeness (QED) is 0.837. The van der Waals surface area contributed by atoms with Crippen molar-refractivity contribution >= 4 is 22.4 Å². The summed E-state index contributed by atoms with van der Waals surface area (Å²) in [4.78, 5) is 2.46. The molecule has 1 saturated carbocycles. The highest BCUT2D eigenvalue weighted by Crippen LogP contribution is 2.35. The molecule has 2 rings (SSSR count). The van der Waals surface area contributed by atoms with Gasteiger partial charge < -0.3 is 10.6 Å². The average molecular weight is 225 g/mol. The van der Waals surface area contributed by atoms with Gasteiger partial charge in [0, 0.05) is 18.7 Å². The van der Waals surface area contributed by atoms with Crippen molar-refractivity contribution in [2.24, 2.45) is 5.92 Å². The van der Waals surface area contributed by atoms with E-state index in [-0.39, 0.29) is 0 Å². The van der Waals surface area contributed by atoms with E-state index in [0.29, 0.717) is 5.82 Å². The molecule has 0 radical (unpaired) electrons. The Morgan fingerprint density at radius 1 is 1.53 bits per heavy atom. The van der Waals surface area contributed by atoms with Crippen molar-refractivity contribution in [2.45, 2.75) is 33.1 Å². The Hall–Kier alpha value is -0.770. The second-order valence-corrected chi connectivity index (χ2v) is 5.14. The molecule has 1 aromatic heterocycles. The van der Waals surface area contributed by atoms with Crippen molar-refractivity contribution in [3.8, 4) is 0 Å². The van der Waals surface area contributed by atoms with E-state index in [1.165, 1.54) is 30.8 Å². The summed E-state index contributed by atoms with van der Waals surface area (Å²) < 4.78 is 4.22. The van der Waals surface area contributed by atoms with Gasteiger partial charge in [-0.15, -0.1) is 0 Å². The first-order chi connectivity index (χ1) is 7.22. The molecule has 0 amide bonds. The Kier molecular flexibility index (Phi) is 3.14. The topological polar surface area (TPSA) is 42.2 Å². The van der Waals surface area contributed by atoms with Crippen LogP contribution in [0.5, 0.6) is 0 Å². The molecule has 1 fully saturated rings. The minimum atomic E-state index is 0.701. The van der Waals surface area contributed by atoms with Crippen molar-refractivity contribution in [2.75, 3.05) is 23.7 Å². The Morgan fingerprint density at radius 3 is 2.73 bits per heavy atom. The summed E-state index contributed by atoms with van der Waals surface area (Å²) in [5.74, 6) is 1.62. The Labute approximate surface area is 95.4 Å². The van der Waals surface area contributed by atoms with Crippen LogP contribution in [-0.2, 0) is 0 Å². The second kappa shape index (κ2) is 4.39. The van der Waals surface area contributed by atoms with Gasteiger partial charge in [0.2, 0.25) is 0 Å². The van der Waals surface area contributed by atoms with Crippen LogP contribution in [-0.4, -0.2) is 17.5 Å². The van der Waals surface area contributed by atoms with E-state index in [2.05, 4.69) is 23.1 Å². The van der Waals surface area contributed by atoms with Crippen molar-refractivity contribution in [1.82, 2.24) is 4.37 Å². The minimum absolute atomic E-state index is 0.701. The van der Waals surface area contributed by atoms with E-state index < -0.39 is 0 Å². The maximum atomic E-state index is 5.79. The molecule has 84 valence electrons. The highest BCUT2D eigenvalue weighted by Gasteiger charge is 2.25. The largest absolute Gasteiger partial charge is 0.383 e. The molecule has 4 heteroatoms. The lowest BCUT2D eigenvalue weighted by atomic mass is 10.3. The lowest BCUT2D eigenvalue weighted by Gasteiger charge is -2.22. The smallest absolute Gasteiger partial charge is 0.142 e. The molecule has 0 spiro atoms. The zero-order valence-corrected chi connectivity index (χ0v) is 10.3. The number of hydrogen-bond donors (Lipinski definition) is 1. The summed E-state index contributed by atoms with van der Waals surface area (Å²) in [5, 5.41) is 1.28. The molecule has 15 heavy (non-hydrogen) atoms. The second-order valence-electron chi connectivity index (χ2n) is 4.39. The maximum absolute atomic E-state index is 5.79. The van der Waals surface area contributed by atoms with Gasteiger partial charge in [-0.3, -0.25) is 0 Å². The third kappa shape index (κ3) is 2.43.